The summed E-state index contributed by atoms with van der Waals surface area (Å²) in [6.07, 6.45) is -1.98. The van der Waals surface area contributed by atoms with Crippen LogP contribution in [0.5, 0.6) is 5.75 Å². The van der Waals surface area contributed by atoms with E-state index in [1.54, 1.807) is 25.1 Å². The first-order chi connectivity index (χ1) is 10.8. The van der Waals surface area contributed by atoms with Crippen LogP contribution in [0.1, 0.15) is 24.0 Å². The van der Waals surface area contributed by atoms with Crippen LogP contribution in [0.15, 0.2) is 18.2 Å². The number of hydrogen-bond donors (Lipinski definition) is 2. The predicted octanol–water partition coefficient (Wildman–Crippen LogP) is 2.55. The van der Waals surface area contributed by atoms with Crippen molar-refractivity contribution in [2.24, 2.45) is 5.92 Å². The number of benzene rings is 1. The van der Waals surface area contributed by atoms with E-state index in [2.05, 4.69) is 10.6 Å². The first-order valence-corrected chi connectivity index (χ1v) is 7.60. The van der Waals surface area contributed by atoms with Crippen LogP contribution < -0.4 is 15.4 Å². The topological polar surface area (TPSA) is 50.4 Å². The molecule has 0 heterocycles. The molecule has 1 aliphatic rings. The van der Waals surface area contributed by atoms with Gasteiger partial charge in [0.1, 0.15) is 5.75 Å². The van der Waals surface area contributed by atoms with Crippen LogP contribution >= 0.6 is 0 Å². The Morgan fingerprint density at radius 3 is 2.74 bits per heavy atom. The minimum atomic E-state index is -4.39. The molecule has 4 nitrogen and oxygen atoms in total. The summed E-state index contributed by atoms with van der Waals surface area (Å²) >= 11 is 0. The lowest BCUT2D eigenvalue weighted by atomic mass is 10.1. The van der Waals surface area contributed by atoms with Crippen molar-refractivity contribution in [3.05, 3.63) is 29.3 Å². The number of carbonyl (C=O) groups excluding carboxylic acids is 1. The van der Waals surface area contributed by atoms with Gasteiger partial charge in [-0.3, -0.25) is 4.79 Å². The number of nitrogens with one attached hydrogen (secondary N) is 2. The average molecular weight is 330 g/mol. The molecule has 23 heavy (non-hydrogen) atoms. The second-order valence-electron chi connectivity index (χ2n) is 5.87. The second kappa shape index (κ2) is 7.68. The van der Waals surface area contributed by atoms with Gasteiger partial charge in [-0.15, -0.1) is 0 Å². The summed E-state index contributed by atoms with van der Waals surface area (Å²) in [5.41, 5.74) is 1.32. The number of amides is 1. The number of hydrogen-bond acceptors (Lipinski definition) is 3. The fourth-order valence-electron chi connectivity index (χ4n) is 2.07. The van der Waals surface area contributed by atoms with Crippen molar-refractivity contribution in [3.8, 4) is 5.75 Å². The molecule has 0 radical (unpaired) electrons. The van der Waals surface area contributed by atoms with Crippen LogP contribution in [0.3, 0.4) is 0 Å². The van der Waals surface area contributed by atoms with Crippen molar-refractivity contribution in [3.63, 3.8) is 0 Å². The van der Waals surface area contributed by atoms with Gasteiger partial charge in [-0.1, -0.05) is 12.1 Å². The summed E-state index contributed by atoms with van der Waals surface area (Å²) in [5, 5.41) is 5.75. The summed E-state index contributed by atoms with van der Waals surface area (Å²) in [7, 11) is 0. The highest BCUT2D eigenvalue weighted by atomic mass is 19.4. The number of halogens is 3. The normalized spacial score (nSPS) is 14.6. The number of ether oxygens (including phenoxy) is 1. The Labute approximate surface area is 133 Å². The van der Waals surface area contributed by atoms with Gasteiger partial charge < -0.3 is 15.4 Å². The third-order valence-corrected chi connectivity index (χ3v) is 3.51. The first kappa shape index (κ1) is 17.6. The molecular formula is C16H21F3N2O2. The van der Waals surface area contributed by atoms with E-state index < -0.39 is 12.8 Å². The van der Waals surface area contributed by atoms with Crippen LogP contribution in [-0.4, -0.2) is 31.8 Å². The lowest BCUT2D eigenvalue weighted by Crippen LogP contribution is -2.34. The van der Waals surface area contributed by atoms with Gasteiger partial charge in [0.25, 0.3) is 0 Å². The molecule has 1 saturated carbocycles. The molecule has 2 N–H and O–H groups in total. The number of carbonyl (C=O) groups is 1. The molecule has 0 aliphatic heterocycles. The zero-order valence-electron chi connectivity index (χ0n) is 13.0. The van der Waals surface area contributed by atoms with E-state index in [1.165, 1.54) is 12.8 Å². The van der Waals surface area contributed by atoms with Gasteiger partial charge in [0.2, 0.25) is 5.91 Å². The van der Waals surface area contributed by atoms with E-state index in [4.69, 9.17) is 4.74 Å². The maximum Gasteiger partial charge on any atom is 0.422 e. The molecule has 0 bridgehead atoms. The standard InChI is InChI=1S/C16H21F3N2O2/c1-11-2-5-13(14(6-11)23-10-16(17,18)19)8-21-15(22)9-20-7-12-3-4-12/h2,5-6,12,20H,3-4,7-10H2,1H3,(H,21,22). The maximum atomic E-state index is 12.3. The Morgan fingerprint density at radius 1 is 1.35 bits per heavy atom. The summed E-state index contributed by atoms with van der Waals surface area (Å²) in [4.78, 5) is 11.7. The smallest absolute Gasteiger partial charge is 0.422 e. The fourth-order valence-corrected chi connectivity index (χ4v) is 2.07. The Kier molecular flexibility index (Phi) is 5.87. The van der Waals surface area contributed by atoms with E-state index in [0.29, 0.717) is 11.5 Å². The molecule has 1 fully saturated rings. The van der Waals surface area contributed by atoms with Crippen molar-refractivity contribution in [2.45, 2.75) is 32.5 Å². The predicted molar refractivity (Wildman–Crippen MR) is 80.2 cm³/mol. The van der Waals surface area contributed by atoms with E-state index in [9.17, 15) is 18.0 Å². The highest BCUT2D eigenvalue weighted by Gasteiger charge is 2.28. The molecule has 0 saturated heterocycles. The van der Waals surface area contributed by atoms with Crippen molar-refractivity contribution in [1.82, 2.24) is 10.6 Å². The molecule has 1 aromatic rings. The third-order valence-electron chi connectivity index (χ3n) is 3.51. The highest BCUT2D eigenvalue weighted by Crippen LogP contribution is 2.27. The molecule has 7 heteroatoms. The summed E-state index contributed by atoms with van der Waals surface area (Å²) in [6, 6.07) is 4.98. The largest absolute Gasteiger partial charge is 0.484 e. The zero-order valence-corrected chi connectivity index (χ0v) is 13.0. The molecule has 128 valence electrons. The number of rotatable bonds is 8. The summed E-state index contributed by atoms with van der Waals surface area (Å²) < 4.78 is 41.7. The number of alkyl halides is 3. The molecule has 0 unspecified atom stereocenters. The van der Waals surface area contributed by atoms with Gasteiger partial charge in [0.05, 0.1) is 6.54 Å². The van der Waals surface area contributed by atoms with Crippen LogP contribution in [0.4, 0.5) is 13.2 Å². The van der Waals surface area contributed by atoms with Gasteiger partial charge in [-0.05, 0) is 43.9 Å². The summed E-state index contributed by atoms with van der Waals surface area (Å²) in [5.74, 6) is 0.642. The van der Waals surface area contributed by atoms with Gasteiger partial charge in [0, 0.05) is 12.1 Å². The Balaban J connectivity index is 1.83. The van der Waals surface area contributed by atoms with Crippen LogP contribution in [0.2, 0.25) is 0 Å². The van der Waals surface area contributed by atoms with Crippen LogP contribution in [0, 0.1) is 12.8 Å². The second-order valence-corrected chi connectivity index (χ2v) is 5.87. The summed E-state index contributed by atoms with van der Waals surface area (Å²) in [6.45, 7) is 1.60. The SMILES string of the molecule is Cc1ccc(CNC(=O)CNCC2CC2)c(OCC(F)(F)F)c1. The minimum absolute atomic E-state index is 0.136. The quantitative estimate of drug-likeness (QED) is 0.770. The maximum absolute atomic E-state index is 12.3. The molecule has 0 aromatic heterocycles. The zero-order chi connectivity index (χ0) is 16.9. The molecule has 1 aromatic carbocycles. The monoisotopic (exact) mass is 330 g/mol. The van der Waals surface area contributed by atoms with E-state index in [-0.39, 0.29) is 24.7 Å². The van der Waals surface area contributed by atoms with Crippen LogP contribution in [-0.2, 0) is 11.3 Å². The molecule has 2 rings (SSSR count). The third kappa shape index (κ3) is 6.90. The van der Waals surface area contributed by atoms with Crippen molar-refractivity contribution in [1.29, 1.82) is 0 Å². The molecule has 1 amide bonds. The Bertz CT molecular complexity index is 543. The van der Waals surface area contributed by atoms with Crippen molar-refractivity contribution >= 4 is 5.91 Å². The van der Waals surface area contributed by atoms with Gasteiger partial charge in [0.15, 0.2) is 6.61 Å². The molecule has 0 spiro atoms. The van der Waals surface area contributed by atoms with Crippen molar-refractivity contribution in [2.75, 3.05) is 19.7 Å². The molecular weight excluding hydrogens is 309 g/mol. The lowest BCUT2D eigenvalue weighted by Gasteiger charge is -2.14. The Morgan fingerprint density at radius 2 is 2.09 bits per heavy atom. The Hall–Kier alpha value is -1.76. The van der Waals surface area contributed by atoms with Crippen LogP contribution in [0.25, 0.3) is 0 Å². The first-order valence-electron chi connectivity index (χ1n) is 7.60. The highest BCUT2D eigenvalue weighted by molar-refractivity contribution is 5.78. The minimum Gasteiger partial charge on any atom is -0.484 e. The molecule has 1 aliphatic carbocycles. The van der Waals surface area contributed by atoms with Gasteiger partial charge >= 0.3 is 6.18 Å². The van der Waals surface area contributed by atoms with Gasteiger partial charge in [-0.2, -0.15) is 13.2 Å². The fraction of sp³-hybridized carbons (Fsp3) is 0.562. The van der Waals surface area contributed by atoms with Crippen molar-refractivity contribution < 1.29 is 22.7 Å². The number of aryl methyl sites for hydroxylation is 1. The molecule has 0 atom stereocenters. The van der Waals surface area contributed by atoms with E-state index in [1.807, 2.05) is 0 Å². The average Bonchev–Trinajstić information content (AvgIpc) is 3.27. The van der Waals surface area contributed by atoms with E-state index in [0.717, 1.165) is 12.1 Å². The lowest BCUT2D eigenvalue weighted by molar-refractivity contribution is -0.153. The van der Waals surface area contributed by atoms with Gasteiger partial charge in [-0.25, -0.2) is 0 Å². The van der Waals surface area contributed by atoms with E-state index >= 15 is 0 Å².